The molecule has 1 saturated heterocycles. The molecule has 4 rings (SSSR count). The highest BCUT2D eigenvalue weighted by molar-refractivity contribution is 6.31. The van der Waals surface area contributed by atoms with Crippen LogP contribution in [0.4, 0.5) is 5.69 Å². The van der Waals surface area contributed by atoms with Crippen molar-refractivity contribution >= 4 is 23.1 Å². The summed E-state index contributed by atoms with van der Waals surface area (Å²) in [6, 6.07) is 13.8. The van der Waals surface area contributed by atoms with Gasteiger partial charge in [-0.2, -0.15) is 0 Å². The van der Waals surface area contributed by atoms with Crippen molar-refractivity contribution in [1.82, 2.24) is 10.2 Å². The van der Waals surface area contributed by atoms with Crippen LogP contribution in [0.15, 0.2) is 59.8 Å². The van der Waals surface area contributed by atoms with Gasteiger partial charge in [-0.3, -0.25) is 0 Å². The van der Waals surface area contributed by atoms with Crippen molar-refractivity contribution in [2.45, 2.75) is 19.9 Å². The monoisotopic (exact) mass is 411 g/mol. The van der Waals surface area contributed by atoms with Gasteiger partial charge in [0.1, 0.15) is 17.3 Å². The Bertz CT molecular complexity index is 943. The van der Waals surface area contributed by atoms with E-state index < -0.39 is 0 Å². The molecule has 2 atom stereocenters. The molecule has 0 saturated carbocycles. The standard InChI is InChI=1S/C23H26ClN3O2/c1-4-28-16(3)15(2)20-14-27(12-11-25-20)23-18-7-5-6-8-21(18)29-22-10-9-17(24)13-19(22)26-23/h5-10,13,15,20,25H,3-4,11-12,14H2,1-2H3/t15-,20-/m1/s1. The Hall–Kier alpha value is -2.50. The van der Waals surface area contributed by atoms with Crippen molar-refractivity contribution in [2.75, 3.05) is 26.2 Å². The van der Waals surface area contributed by atoms with Gasteiger partial charge in [0.05, 0.1) is 17.9 Å². The van der Waals surface area contributed by atoms with Crippen LogP contribution in [0, 0.1) is 5.92 Å². The predicted octanol–water partition coefficient (Wildman–Crippen LogP) is 4.98. The number of hydrogen-bond donors (Lipinski definition) is 1. The minimum Gasteiger partial charge on any atom is -0.499 e. The molecule has 0 radical (unpaired) electrons. The van der Waals surface area contributed by atoms with Crippen LogP contribution in [0.2, 0.25) is 5.02 Å². The van der Waals surface area contributed by atoms with E-state index in [1.54, 1.807) is 0 Å². The first-order valence-corrected chi connectivity index (χ1v) is 10.4. The lowest BCUT2D eigenvalue weighted by atomic mass is 9.97. The molecule has 1 N–H and O–H groups in total. The molecule has 0 amide bonds. The summed E-state index contributed by atoms with van der Waals surface area (Å²) in [7, 11) is 0. The maximum absolute atomic E-state index is 6.23. The number of fused-ring (bicyclic) bond motifs is 2. The molecule has 152 valence electrons. The Morgan fingerprint density at radius 2 is 2.17 bits per heavy atom. The average Bonchev–Trinajstić information content (AvgIpc) is 2.90. The number of ether oxygens (including phenoxy) is 2. The third-order valence-corrected chi connectivity index (χ3v) is 5.68. The van der Waals surface area contributed by atoms with Crippen LogP contribution in [0.1, 0.15) is 19.4 Å². The van der Waals surface area contributed by atoms with Gasteiger partial charge in [-0.1, -0.05) is 37.2 Å². The molecule has 2 aliphatic heterocycles. The normalized spacial score (nSPS) is 19.2. The molecule has 2 aliphatic rings. The molecule has 2 heterocycles. The zero-order valence-corrected chi connectivity index (χ0v) is 17.6. The second-order valence-electron chi connectivity index (χ2n) is 7.34. The van der Waals surface area contributed by atoms with E-state index in [2.05, 4.69) is 29.8 Å². The number of benzene rings is 2. The quantitative estimate of drug-likeness (QED) is 0.720. The van der Waals surface area contributed by atoms with Crippen LogP contribution in [-0.4, -0.2) is 43.0 Å². The van der Waals surface area contributed by atoms with Gasteiger partial charge in [-0.05, 0) is 37.3 Å². The largest absolute Gasteiger partial charge is 0.499 e. The summed E-state index contributed by atoms with van der Waals surface area (Å²) in [6.07, 6.45) is 0. The molecule has 29 heavy (non-hydrogen) atoms. The van der Waals surface area contributed by atoms with E-state index in [0.717, 1.165) is 48.2 Å². The minimum absolute atomic E-state index is 0.192. The SMILES string of the molecule is C=C(OCC)[C@@H](C)[C@H]1CN(C2=Nc3cc(Cl)ccc3Oc3ccccc32)CCN1. The van der Waals surface area contributed by atoms with E-state index in [1.807, 2.05) is 43.3 Å². The lowest BCUT2D eigenvalue weighted by Crippen LogP contribution is -2.55. The van der Waals surface area contributed by atoms with Crippen molar-refractivity contribution in [1.29, 1.82) is 0 Å². The average molecular weight is 412 g/mol. The number of nitrogens with zero attached hydrogens (tertiary/aromatic N) is 2. The fourth-order valence-corrected chi connectivity index (χ4v) is 3.95. The van der Waals surface area contributed by atoms with Gasteiger partial charge in [0.2, 0.25) is 0 Å². The van der Waals surface area contributed by atoms with Crippen LogP contribution in [0.3, 0.4) is 0 Å². The fraction of sp³-hybridized carbons (Fsp3) is 0.348. The third-order valence-electron chi connectivity index (χ3n) is 5.44. The molecule has 1 fully saturated rings. The van der Waals surface area contributed by atoms with Gasteiger partial charge in [0.25, 0.3) is 0 Å². The van der Waals surface area contributed by atoms with E-state index >= 15 is 0 Å². The summed E-state index contributed by atoms with van der Waals surface area (Å²) in [5.41, 5.74) is 1.72. The van der Waals surface area contributed by atoms with Gasteiger partial charge >= 0.3 is 0 Å². The second-order valence-corrected chi connectivity index (χ2v) is 7.78. The highest BCUT2D eigenvalue weighted by Crippen LogP contribution is 2.39. The molecule has 0 aliphatic carbocycles. The van der Waals surface area contributed by atoms with E-state index in [4.69, 9.17) is 26.1 Å². The Balaban J connectivity index is 1.69. The fourth-order valence-electron chi connectivity index (χ4n) is 3.79. The van der Waals surface area contributed by atoms with E-state index in [0.29, 0.717) is 17.4 Å². The van der Waals surface area contributed by atoms with E-state index in [9.17, 15) is 0 Å². The molecule has 6 heteroatoms. The Labute approximate surface area is 177 Å². The molecular formula is C23H26ClN3O2. The zero-order valence-electron chi connectivity index (χ0n) is 16.8. The number of piperazine rings is 1. The molecule has 2 aromatic rings. The molecule has 0 spiro atoms. The first-order valence-electron chi connectivity index (χ1n) is 10.0. The summed E-state index contributed by atoms with van der Waals surface area (Å²) in [5.74, 6) is 3.42. The number of aliphatic imine (C=N–C) groups is 1. The van der Waals surface area contributed by atoms with Crippen LogP contribution >= 0.6 is 11.6 Å². The Morgan fingerprint density at radius 3 is 3.00 bits per heavy atom. The van der Waals surface area contributed by atoms with Crippen molar-refractivity contribution in [2.24, 2.45) is 10.9 Å². The second kappa shape index (κ2) is 8.47. The van der Waals surface area contributed by atoms with Gasteiger partial charge in [0, 0.05) is 36.6 Å². The number of amidine groups is 1. The van der Waals surface area contributed by atoms with Crippen molar-refractivity contribution < 1.29 is 9.47 Å². The number of rotatable bonds is 4. The minimum atomic E-state index is 0.192. The zero-order chi connectivity index (χ0) is 20.4. The number of nitrogens with one attached hydrogen (secondary N) is 1. The van der Waals surface area contributed by atoms with Crippen LogP contribution in [0.25, 0.3) is 0 Å². The number of para-hydroxylation sites is 1. The van der Waals surface area contributed by atoms with Gasteiger partial charge in [0.15, 0.2) is 5.75 Å². The van der Waals surface area contributed by atoms with E-state index in [1.165, 1.54) is 0 Å². The molecule has 5 nitrogen and oxygen atoms in total. The highest BCUT2D eigenvalue weighted by Gasteiger charge is 2.30. The summed E-state index contributed by atoms with van der Waals surface area (Å²) >= 11 is 6.23. The van der Waals surface area contributed by atoms with Crippen LogP contribution in [0.5, 0.6) is 11.5 Å². The first kappa shape index (κ1) is 19.8. The van der Waals surface area contributed by atoms with Crippen LogP contribution < -0.4 is 10.1 Å². The van der Waals surface area contributed by atoms with Gasteiger partial charge < -0.3 is 19.7 Å². The van der Waals surface area contributed by atoms with Crippen LogP contribution in [-0.2, 0) is 4.74 Å². The lowest BCUT2D eigenvalue weighted by molar-refractivity contribution is 0.161. The number of hydrogen-bond acceptors (Lipinski definition) is 5. The maximum Gasteiger partial charge on any atom is 0.153 e. The van der Waals surface area contributed by atoms with E-state index in [-0.39, 0.29) is 12.0 Å². The molecule has 0 unspecified atom stereocenters. The summed E-state index contributed by atoms with van der Waals surface area (Å²) < 4.78 is 11.8. The Morgan fingerprint density at radius 1 is 1.34 bits per heavy atom. The summed E-state index contributed by atoms with van der Waals surface area (Å²) in [4.78, 5) is 7.31. The maximum atomic E-state index is 6.23. The van der Waals surface area contributed by atoms with Gasteiger partial charge in [-0.25, -0.2) is 4.99 Å². The third kappa shape index (κ3) is 4.11. The highest BCUT2D eigenvalue weighted by atomic mass is 35.5. The predicted molar refractivity (Wildman–Crippen MR) is 117 cm³/mol. The molecule has 0 aromatic heterocycles. The number of halogens is 1. The van der Waals surface area contributed by atoms with Crippen molar-refractivity contribution in [3.8, 4) is 11.5 Å². The summed E-state index contributed by atoms with van der Waals surface area (Å²) in [5, 5.41) is 4.25. The summed E-state index contributed by atoms with van der Waals surface area (Å²) in [6.45, 7) is 11.4. The smallest absolute Gasteiger partial charge is 0.153 e. The molecule has 2 aromatic carbocycles. The van der Waals surface area contributed by atoms with Crippen molar-refractivity contribution in [3.05, 3.63) is 65.4 Å². The molecular weight excluding hydrogens is 386 g/mol. The Kier molecular flexibility index (Phi) is 5.79. The van der Waals surface area contributed by atoms with Gasteiger partial charge in [-0.15, -0.1) is 0 Å². The first-order chi connectivity index (χ1) is 14.1. The van der Waals surface area contributed by atoms with Crippen molar-refractivity contribution in [3.63, 3.8) is 0 Å². The lowest BCUT2D eigenvalue weighted by Gasteiger charge is -2.38. The molecule has 0 bridgehead atoms. The topological polar surface area (TPSA) is 46.1 Å².